The number of alkyl halides is 1. The van der Waals surface area contributed by atoms with Crippen LogP contribution < -0.4 is 4.90 Å². The molecule has 2 aromatic rings. The second-order valence-corrected chi connectivity index (χ2v) is 10.8. The van der Waals surface area contributed by atoms with Crippen molar-refractivity contribution in [2.24, 2.45) is 0 Å². The molecule has 1 aromatic heterocycles. The highest BCUT2D eigenvalue weighted by Gasteiger charge is 2.36. The summed E-state index contributed by atoms with van der Waals surface area (Å²) >= 11 is 6.13. The third-order valence-corrected chi connectivity index (χ3v) is 8.22. The van der Waals surface area contributed by atoms with Crippen molar-refractivity contribution in [3.8, 4) is 0 Å². The monoisotopic (exact) mass is 528 g/mol. The molecular weight excluding hydrogens is 495 g/mol. The Bertz CT molecular complexity index is 1130. The number of carbonyl (C=O) groups excluding carboxylic acids is 2. The van der Waals surface area contributed by atoms with Crippen molar-refractivity contribution < 1.29 is 14.0 Å². The van der Waals surface area contributed by atoms with Crippen molar-refractivity contribution in [3.63, 3.8) is 0 Å². The number of benzene rings is 1. The molecule has 5 rings (SSSR count). The Balaban J connectivity index is 1.28. The average Bonchev–Trinajstić information content (AvgIpc) is 3.21. The standard InChI is InChI=1S/C27H34ClFN6O2/c1-18-15-23(29)25-24(18)26(31-17-30-25)34-11-13-35(14-12-34)27(37)22(20-3-5-21(28)6-4-20)16-32-7-9-33(10-8-32)19(2)36/h3-6,17-18,22-23H,7-16H2,1-2H3/t18-,22?,23+/m1/s1. The molecule has 3 heterocycles. The minimum atomic E-state index is -1.04. The van der Waals surface area contributed by atoms with Gasteiger partial charge in [0.05, 0.1) is 11.6 Å². The number of hydrogen-bond donors (Lipinski definition) is 0. The molecule has 0 bridgehead atoms. The molecule has 2 aliphatic heterocycles. The topological polar surface area (TPSA) is 72.9 Å². The summed E-state index contributed by atoms with van der Waals surface area (Å²) in [4.78, 5) is 42.5. The van der Waals surface area contributed by atoms with Gasteiger partial charge in [-0.3, -0.25) is 14.5 Å². The molecule has 8 nitrogen and oxygen atoms in total. The van der Waals surface area contributed by atoms with Crippen LogP contribution in [0.4, 0.5) is 10.2 Å². The molecule has 198 valence electrons. The SMILES string of the molecule is CC(=O)N1CCN(CC(C(=O)N2CCN(c3ncnc4c3[C@H](C)C[C@@H]4F)CC2)c2ccc(Cl)cc2)CC1. The lowest BCUT2D eigenvalue weighted by molar-refractivity contribution is -0.135. The van der Waals surface area contributed by atoms with Crippen LogP contribution in [0.1, 0.15) is 55.1 Å². The van der Waals surface area contributed by atoms with Gasteiger partial charge in [-0.1, -0.05) is 30.7 Å². The number of piperazine rings is 2. The number of fused-ring (bicyclic) bond motifs is 1. The van der Waals surface area contributed by atoms with Crippen LogP contribution in [0.3, 0.4) is 0 Å². The second-order valence-electron chi connectivity index (χ2n) is 10.3. The van der Waals surface area contributed by atoms with Crippen LogP contribution in [-0.4, -0.2) is 95.4 Å². The van der Waals surface area contributed by atoms with Crippen LogP contribution in [0.5, 0.6) is 0 Å². The lowest BCUT2D eigenvalue weighted by atomic mass is 9.96. The molecule has 3 aliphatic rings. The van der Waals surface area contributed by atoms with Gasteiger partial charge in [0, 0.05) is 76.4 Å². The predicted molar refractivity (Wildman–Crippen MR) is 141 cm³/mol. The number of carbonyl (C=O) groups is 2. The Morgan fingerprint density at radius 2 is 1.65 bits per heavy atom. The molecule has 2 amide bonds. The summed E-state index contributed by atoms with van der Waals surface area (Å²) in [5.74, 6) is 0.763. The number of aromatic nitrogens is 2. The summed E-state index contributed by atoms with van der Waals surface area (Å²) in [6.45, 7) is 9.51. The van der Waals surface area contributed by atoms with Gasteiger partial charge in [-0.2, -0.15) is 0 Å². The number of rotatable bonds is 5. The number of nitrogens with zero attached hydrogens (tertiary/aromatic N) is 6. The molecule has 2 fully saturated rings. The van der Waals surface area contributed by atoms with Gasteiger partial charge in [-0.15, -0.1) is 0 Å². The zero-order chi connectivity index (χ0) is 26.1. The Hall–Kier alpha value is -2.78. The van der Waals surface area contributed by atoms with E-state index in [0.29, 0.717) is 63.0 Å². The quantitative estimate of drug-likeness (QED) is 0.593. The average molecular weight is 529 g/mol. The molecular formula is C27H34ClFN6O2. The first-order valence-corrected chi connectivity index (χ1v) is 13.5. The van der Waals surface area contributed by atoms with Crippen molar-refractivity contribution in [2.75, 3.05) is 63.8 Å². The summed E-state index contributed by atoms with van der Waals surface area (Å²) in [5.41, 5.74) is 2.38. The van der Waals surface area contributed by atoms with Crippen LogP contribution in [0.15, 0.2) is 30.6 Å². The molecule has 3 atom stereocenters. The molecule has 1 unspecified atom stereocenters. The Morgan fingerprint density at radius 3 is 2.30 bits per heavy atom. The second kappa shape index (κ2) is 10.9. The van der Waals surface area contributed by atoms with Crippen LogP contribution in [0.25, 0.3) is 0 Å². The maximum atomic E-state index is 14.4. The van der Waals surface area contributed by atoms with E-state index < -0.39 is 6.17 Å². The maximum Gasteiger partial charge on any atom is 0.231 e. The van der Waals surface area contributed by atoms with Gasteiger partial charge in [0.2, 0.25) is 11.8 Å². The first-order chi connectivity index (χ1) is 17.8. The van der Waals surface area contributed by atoms with Gasteiger partial charge >= 0.3 is 0 Å². The summed E-state index contributed by atoms with van der Waals surface area (Å²) in [5, 5.41) is 0.640. The first-order valence-electron chi connectivity index (χ1n) is 13.1. The first kappa shape index (κ1) is 25.9. The largest absolute Gasteiger partial charge is 0.353 e. The van der Waals surface area contributed by atoms with E-state index in [-0.39, 0.29) is 23.7 Å². The molecule has 37 heavy (non-hydrogen) atoms. The highest BCUT2D eigenvalue weighted by molar-refractivity contribution is 6.30. The van der Waals surface area contributed by atoms with E-state index in [4.69, 9.17) is 11.6 Å². The smallest absolute Gasteiger partial charge is 0.231 e. The summed E-state index contributed by atoms with van der Waals surface area (Å²) in [6, 6.07) is 7.54. The Morgan fingerprint density at radius 1 is 1.00 bits per heavy atom. The third-order valence-electron chi connectivity index (χ3n) is 7.96. The lowest BCUT2D eigenvalue weighted by Gasteiger charge is -2.40. The minimum absolute atomic E-state index is 0.0821. The van der Waals surface area contributed by atoms with Gasteiger partial charge in [0.1, 0.15) is 18.3 Å². The van der Waals surface area contributed by atoms with Crippen LogP contribution in [-0.2, 0) is 9.59 Å². The number of amides is 2. The molecule has 0 saturated carbocycles. The van der Waals surface area contributed by atoms with Gasteiger partial charge in [0.15, 0.2) is 0 Å². The molecule has 1 aliphatic carbocycles. The zero-order valence-electron chi connectivity index (χ0n) is 21.4. The van der Waals surface area contributed by atoms with Crippen LogP contribution in [0.2, 0.25) is 5.02 Å². The van der Waals surface area contributed by atoms with Crippen molar-refractivity contribution in [3.05, 3.63) is 52.4 Å². The normalized spacial score (nSPS) is 23.2. The fraction of sp³-hybridized carbons (Fsp3) is 0.556. The minimum Gasteiger partial charge on any atom is -0.353 e. The molecule has 0 spiro atoms. The fourth-order valence-corrected chi connectivity index (χ4v) is 5.92. The van der Waals surface area contributed by atoms with E-state index >= 15 is 0 Å². The Labute approximate surface area is 222 Å². The summed E-state index contributed by atoms with van der Waals surface area (Å²) in [7, 11) is 0. The van der Waals surface area contributed by atoms with Crippen molar-refractivity contribution in [2.45, 2.75) is 38.3 Å². The van der Waals surface area contributed by atoms with E-state index in [0.717, 1.165) is 30.0 Å². The Kier molecular flexibility index (Phi) is 7.62. The zero-order valence-corrected chi connectivity index (χ0v) is 22.2. The fourth-order valence-electron chi connectivity index (χ4n) is 5.80. The van der Waals surface area contributed by atoms with E-state index in [1.54, 1.807) is 6.92 Å². The summed E-state index contributed by atoms with van der Waals surface area (Å²) < 4.78 is 14.4. The molecule has 0 N–H and O–H groups in total. The van der Waals surface area contributed by atoms with E-state index in [9.17, 15) is 14.0 Å². The van der Waals surface area contributed by atoms with E-state index in [1.807, 2.05) is 41.0 Å². The van der Waals surface area contributed by atoms with Crippen LogP contribution >= 0.6 is 11.6 Å². The van der Waals surface area contributed by atoms with Crippen molar-refractivity contribution in [1.29, 1.82) is 0 Å². The molecule has 10 heteroatoms. The van der Waals surface area contributed by atoms with Gasteiger partial charge in [-0.05, 0) is 30.0 Å². The highest BCUT2D eigenvalue weighted by Crippen LogP contribution is 2.44. The number of anilines is 1. The van der Waals surface area contributed by atoms with Gasteiger partial charge in [0.25, 0.3) is 0 Å². The van der Waals surface area contributed by atoms with E-state index in [1.165, 1.54) is 6.33 Å². The number of hydrogen-bond acceptors (Lipinski definition) is 6. The van der Waals surface area contributed by atoms with Crippen LogP contribution in [0, 0.1) is 0 Å². The molecule has 1 aromatic carbocycles. The van der Waals surface area contributed by atoms with E-state index in [2.05, 4.69) is 19.8 Å². The van der Waals surface area contributed by atoms with Gasteiger partial charge < -0.3 is 14.7 Å². The third kappa shape index (κ3) is 5.43. The van der Waals surface area contributed by atoms with Crippen molar-refractivity contribution >= 4 is 29.2 Å². The maximum absolute atomic E-state index is 14.4. The molecule has 0 radical (unpaired) electrons. The molecule has 2 saturated heterocycles. The predicted octanol–water partition coefficient (Wildman–Crippen LogP) is 3.24. The number of halogens is 2. The van der Waals surface area contributed by atoms with Crippen molar-refractivity contribution in [1.82, 2.24) is 24.7 Å². The van der Waals surface area contributed by atoms with Gasteiger partial charge in [-0.25, -0.2) is 14.4 Å². The highest BCUT2D eigenvalue weighted by atomic mass is 35.5. The summed E-state index contributed by atoms with van der Waals surface area (Å²) in [6.07, 6.45) is 0.869. The lowest BCUT2D eigenvalue weighted by Crippen LogP contribution is -2.53.